The van der Waals surface area contributed by atoms with Gasteiger partial charge in [0.15, 0.2) is 0 Å². The molecule has 0 spiro atoms. The number of hydrogen-bond donors (Lipinski definition) is 0. The summed E-state index contributed by atoms with van der Waals surface area (Å²) in [5.74, 6) is 0. The minimum absolute atomic E-state index is 0.627. The highest BCUT2D eigenvalue weighted by atomic mass is 28.5. The standard InChI is InChI=1S/C16H43N3O7Si4/c1-12-17(6)20-30(22-19(15-4)16-5)25-28(9,10)23-27(7,8)24-29(11,26-30)21-18(13-2)14-3/h12-16H2,1-11H3. The van der Waals surface area contributed by atoms with E-state index >= 15 is 0 Å². The topological polar surface area (TPSA) is 74.3 Å². The van der Waals surface area contributed by atoms with Gasteiger partial charge in [0.25, 0.3) is 0 Å². The van der Waals surface area contributed by atoms with Gasteiger partial charge < -0.3 is 16.5 Å². The van der Waals surface area contributed by atoms with Crippen LogP contribution in [0.4, 0.5) is 0 Å². The molecule has 2 atom stereocenters. The number of hydroxylamine groups is 6. The Labute approximate surface area is 187 Å². The van der Waals surface area contributed by atoms with Crippen LogP contribution in [0.2, 0.25) is 32.7 Å². The van der Waals surface area contributed by atoms with Crippen LogP contribution in [-0.4, -0.2) is 89.9 Å². The van der Waals surface area contributed by atoms with Gasteiger partial charge in [-0.2, -0.15) is 15.2 Å². The summed E-state index contributed by atoms with van der Waals surface area (Å²) >= 11 is 0. The Kier molecular flexibility index (Phi) is 11.0. The van der Waals surface area contributed by atoms with Crippen molar-refractivity contribution in [3.8, 4) is 0 Å². The first-order valence-electron chi connectivity index (χ1n) is 10.9. The van der Waals surface area contributed by atoms with Gasteiger partial charge >= 0.3 is 35.0 Å². The molecule has 0 N–H and O–H groups in total. The fourth-order valence-corrected chi connectivity index (χ4v) is 20.6. The van der Waals surface area contributed by atoms with E-state index in [1.807, 2.05) is 79.5 Å². The Bertz CT molecular complexity index is 529. The van der Waals surface area contributed by atoms with Gasteiger partial charge in [0.2, 0.25) is 0 Å². The summed E-state index contributed by atoms with van der Waals surface area (Å²) < 4.78 is 45.0. The molecule has 30 heavy (non-hydrogen) atoms. The molecule has 0 aromatic heterocycles. The zero-order chi connectivity index (χ0) is 23.2. The maximum absolute atomic E-state index is 6.61. The summed E-state index contributed by atoms with van der Waals surface area (Å²) in [6, 6.07) is 0. The quantitative estimate of drug-likeness (QED) is 0.311. The van der Waals surface area contributed by atoms with Crippen LogP contribution in [-0.2, 0) is 30.0 Å². The molecule has 1 saturated heterocycles. The molecule has 1 rings (SSSR count). The molecule has 1 aliphatic rings. The maximum Gasteiger partial charge on any atom is 0.698 e. The predicted octanol–water partition coefficient (Wildman–Crippen LogP) is 2.90. The van der Waals surface area contributed by atoms with E-state index in [-0.39, 0.29) is 0 Å². The van der Waals surface area contributed by atoms with Crippen molar-refractivity contribution in [2.75, 3.05) is 39.8 Å². The van der Waals surface area contributed by atoms with Crippen LogP contribution >= 0.6 is 0 Å². The number of rotatable bonds is 11. The zero-order valence-electron chi connectivity index (χ0n) is 20.7. The van der Waals surface area contributed by atoms with Crippen LogP contribution in [0.1, 0.15) is 34.6 Å². The van der Waals surface area contributed by atoms with Crippen molar-refractivity contribution < 1.29 is 30.0 Å². The number of nitrogens with zero attached hydrogens (tertiary/aromatic N) is 3. The molecule has 0 aromatic carbocycles. The van der Waals surface area contributed by atoms with E-state index in [0.29, 0.717) is 32.7 Å². The van der Waals surface area contributed by atoms with Crippen molar-refractivity contribution in [2.45, 2.75) is 67.4 Å². The molecule has 2 unspecified atom stereocenters. The summed E-state index contributed by atoms with van der Waals surface area (Å²) in [6.45, 7) is 23.1. The smallest absolute Gasteiger partial charge is 0.416 e. The summed E-state index contributed by atoms with van der Waals surface area (Å²) in [7, 11) is -10.6. The highest BCUT2D eigenvalue weighted by Gasteiger charge is 2.65. The molecule has 180 valence electrons. The molecule has 14 heteroatoms. The molecule has 0 radical (unpaired) electrons. The maximum atomic E-state index is 6.61. The summed E-state index contributed by atoms with van der Waals surface area (Å²) in [5, 5.41) is 5.26. The monoisotopic (exact) mass is 501 g/mol. The first-order valence-corrected chi connectivity index (χ1v) is 20.3. The lowest BCUT2D eigenvalue weighted by molar-refractivity contribution is -0.201. The molecule has 1 fully saturated rings. The normalized spacial score (nSPS) is 29.4. The van der Waals surface area contributed by atoms with Gasteiger partial charge in [-0.25, -0.2) is 0 Å². The molecule has 1 heterocycles. The van der Waals surface area contributed by atoms with Gasteiger partial charge in [-0.15, -0.1) is 0 Å². The second-order valence-corrected chi connectivity index (χ2v) is 20.2. The van der Waals surface area contributed by atoms with E-state index in [9.17, 15) is 0 Å². The van der Waals surface area contributed by atoms with Crippen LogP contribution in [0.15, 0.2) is 0 Å². The van der Waals surface area contributed by atoms with Crippen molar-refractivity contribution in [3.05, 3.63) is 0 Å². The molecule has 0 aromatic rings. The van der Waals surface area contributed by atoms with Gasteiger partial charge in [-0.1, -0.05) is 34.6 Å². The van der Waals surface area contributed by atoms with E-state index in [1.165, 1.54) is 0 Å². The van der Waals surface area contributed by atoms with E-state index < -0.39 is 35.0 Å². The summed E-state index contributed by atoms with van der Waals surface area (Å²) in [6.07, 6.45) is 0. The second kappa shape index (κ2) is 11.6. The average molecular weight is 502 g/mol. The van der Waals surface area contributed by atoms with Gasteiger partial charge in [0.1, 0.15) is 0 Å². The minimum atomic E-state index is -3.78. The van der Waals surface area contributed by atoms with Crippen molar-refractivity contribution in [2.24, 2.45) is 0 Å². The molecule has 0 saturated carbocycles. The van der Waals surface area contributed by atoms with E-state index in [4.69, 9.17) is 30.0 Å². The Morgan fingerprint density at radius 2 is 1.03 bits per heavy atom. The Morgan fingerprint density at radius 3 is 1.50 bits per heavy atom. The van der Waals surface area contributed by atoms with Crippen molar-refractivity contribution in [1.82, 2.24) is 15.2 Å². The van der Waals surface area contributed by atoms with Crippen LogP contribution in [0.5, 0.6) is 0 Å². The van der Waals surface area contributed by atoms with Gasteiger partial charge in [0.05, 0.1) is 0 Å². The largest absolute Gasteiger partial charge is 0.698 e. The van der Waals surface area contributed by atoms with Gasteiger partial charge in [-0.3, -0.25) is 13.6 Å². The Hall–Kier alpha value is 0.468. The average Bonchev–Trinajstić information content (AvgIpc) is 2.60. The van der Waals surface area contributed by atoms with E-state index in [0.717, 1.165) is 0 Å². The molecule has 0 aliphatic carbocycles. The third-order valence-electron chi connectivity index (χ3n) is 4.26. The molecule has 0 bridgehead atoms. The number of hydrogen-bond acceptors (Lipinski definition) is 10. The molecule has 0 amide bonds. The van der Waals surface area contributed by atoms with Crippen molar-refractivity contribution >= 4 is 35.0 Å². The molecule has 10 nitrogen and oxygen atoms in total. The lowest BCUT2D eigenvalue weighted by Crippen LogP contribution is -2.72. The highest BCUT2D eigenvalue weighted by Crippen LogP contribution is 2.33. The first-order chi connectivity index (χ1) is 13.8. The van der Waals surface area contributed by atoms with E-state index in [2.05, 4.69) is 0 Å². The highest BCUT2D eigenvalue weighted by molar-refractivity contribution is 6.89. The SMILES string of the molecule is CCN(C)O[Si]1(ON(CC)CC)O[Si](C)(C)O[Si](C)(C)O[Si](C)(ON(CC)CC)O1. The second-order valence-electron chi connectivity index (χ2n) is 8.02. The summed E-state index contributed by atoms with van der Waals surface area (Å²) in [4.78, 5) is 0. The first kappa shape index (κ1) is 28.5. The predicted molar refractivity (Wildman–Crippen MR) is 124 cm³/mol. The zero-order valence-corrected chi connectivity index (χ0v) is 24.7. The van der Waals surface area contributed by atoms with Crippen LogP contribution in [0.25, 0.3) is 0 Å². The van der Waals surface area contributed by atoms with Crippen molar-refractivity contribution in [1.29, 1.82) is 0 Å². The van der Waals surface area contributed by atoms with E-state index in [1.54, 1.807) is 10.1 Å². The fraction of sp³-hybridized carbons (Fsp3) is 1.00. The van der Waals surface area contributed by atoms with Crippen molar-refractivity contribution in [3.63, 3.8) is 0 Å². The van der Waals surface area contributed by atoms with Crippen LogP contribution < -0.4 is 0 Å². The third kappa shape index (κ3) is 8.78. The lowest BCUT2D eigenvalue weighted by atomic mass is 10.6. The summed E-state index contributed by atoms with van der Waals surface area (Å²) in [5.41, 5.74) is 0. The third-order valence-corrected chi connectivity index (χ3v) is 18.7. The van der Waals surface area contributed by atoms with Crippen LogP contribution in [0, 0.1) is 0 Å². The van der Waals surface area contributed by atoms with Gasteiger partial charge in [-0.05, 0) is 26.2 Å². The van der Waals surface area contributed by atoms with Gasteiger partial charge in [0, 0.05) is 46.3 Å². The van der Waals surface area contributed by atoms with Crippen LogP contribution in [0.3, 0.4) is 0 Å². The molecular formula is C16H43N3O7Si4. The minimum Gasteiger partial charge on any atom is -0.416 e. The molecule has 1 aliphatic heterocycles. The molecular weight excluding hydrogens is 459 g/mol. The lowest BCUT2D eigenvalue weighted by Gasteiger charge is -2.47. The fourth-order valence-electron chi connectivity index (χ4n) is 3.13. The Balaban J connectivity index is 3.47. The Morgan fingerprint density at radius 1 is 0.567 bits per heavy atom.